The standard InChI is InChI=1S/C14H25N3S/c1-6-11(2)18-10-13-15-7-12(8-16-13)9-17-14(3,4)5/h7-8,11,17H,6,9-10H2,1-5H3. The lowest BCUT2D eigenvalue weighted by molar-refractivity contribution is 0.423. The number of hydrogen-bond acceptors (Lipinski definition) is 4. The third-order valence-corrected chi connectivity index (χ3v) is 3.98. The smallest absolute Gasteiger partial charge is 0.138 e. The molecule has 0 amide bonds. The number of rotatable bonds is 6. The van der Waals surface area contributed by atoms with Gasteiger partial charge in [0.2, 0.25) is 0 Å². The van der Waals surface area contributed by atoms with Crippen LogP contribution in [0.3, 0.4) is 0 Å². The number of hydrogen-bond donors (Lipinski definition) is 1. The Labute approximate surface area is 115 Å². The van der Waals surface area contributed by atoms with Crippen molar-refractivity contribution in [3.63, 3.8) is 0 Å². The highest BCUT2D eigenvalue weighted by Crippen LogP contribution is 2.17. The molecule has 18 heavy (non-hydrogen) atoms. The lowest BCUT2D eigenvalue weighted by Gasteiger charge is -2.20. The molecule has 1 aromatic heterocycles. The highest BCUT2D eigenvalue weighted by atomic mass is 32.2. The maximum Gasteiger partial charge on any atom is 0.138 e. The topological polar surface area (TPSA) is 37.8 Å². The van der Waals surface area contributed by atoms with E-state index in [1.54, 1.807) is 0 Å². The molecule has 0 aliphatic heterocycles. The van der Waals surface area contributed by atoms with Gasteiger partial charge < -0.3 is 5.32 Å². The first-order chi connectivity index (χ1) is 8.40. The Bertz CT molecular complexity index is 343. The van der Waals surface area contributed by atoms with E-state index in [0.29, 0.717) is 5.25 Å². The van der Waals surface area contributed by atoms with Gasteiger partial charge in [0.25, 0.3) is 0 Å². The fourth-order valence-corrected chi connectivity index (χ4v) is 2.07. The highest BCUT2D eigenvalue weighted by molar-refractivity contribution is 7.99. The summed E-state index contributed by atoms with van der Waals surface area (Å²) in [4.78, 5) is 8.83. The molecule has 0 radical (unpaired) electrons. The summed E-state index contributed by atoms with van der Waals surface area (Å²) in [5.74, 6) is 1.84. The highest BCUT2D eigenvalue weighted by Gasteiger charge is 2.09. The zero-order valence-electron chi connectivity index (χ0n) is 12.2. The molecule has 1 atom stereocenters. The van der Waals surface area contributed by atoms with Crippen molar-refractivity contribution in [1.82, 2.24) is 15.3 Å². The van der Waals surface area contributed by atoms with Crippen LogP contribution in [0.15, 0.2) is 12.4 Å². The van der Waals surface area contributed by atoms with Crippen molar-refractivity contribution in [2.24, 2.45) is 0 Å². The molecule has 0 bridgehead atoms. The monoisotopic (exact) mass is 267 g/mol. The van der Waals surface area contributed by atoms with Gasteiger partial charge in [-0.2, -0.15) is 11.8 Å². The summed E-state index contributed by atoms with van der Waals surface area (Å²) in [6.45, 7) is 11.7. The van der Waals surface area contributed by atoms with E-state index in [9.17, 15) is 0 Å². The average Bonchev–Trinajstić information content (AvgIpc) is 2.33. The molecular formula is C14H25N3S. The van der Waals surface area contributed by atoms with Crippen LogP contribution >= 0.6 is 11.8 Å². The molecule has 1 N–H and O–H groups in total. The van der Waals surface area contributed by atoms with Crippen LogP contribution < -0.4 is 5.32 Å². The fourth-order valence-electron chi connectivity index (χ4n) is 1.25. The summed E-state index contributed by atoms with van der Waals surface area (Å²) < 4.78 is 0. The van der Waals surface area contributed by atoms with Crippen molar-refractivity contribution < 1.29 is 0 Å². The molecule has 1 unspecified atom stereocenters. The van der Waals surface area contributed by atoms with Crippen LogP contribution in [-0.2, 0) is 12.3 Å². The van der Waals surface area contributed by atoms with Crippen LogP contribution in [0.5, 0.6) is 0 Å². The van der Waals surface area contributed by atoms with Gasteiger partial charge in [-0.1, -0.05) is 13.8 Å². The Balaban J connectivity index is 2.42. The Morgan fingerprint density at radius 1 is 1.28 bits per heavy atom. The first-order valence-electron chi connectivity index (χ1n) is 6.57. The largest absolute Gasteiger partial charge is 0.308 e. The lowest BCUT2D eigenvalue weighted by atomic mass is 10.1. The van der Waals surface area contributed by atoms with Crippen molar-refractivity contribution in [2.75, 3.05) is 0 Å². The maximum absolute atomic E-state index is 4.41. The van der Waals surface area contributed by atoms with Crippen molar-refractivity contribution >= 4 is 11.8 Å². The molecule has 3 nitrogen and oxygen atoms in total. The minimum Gasteiger partial charge on any atom is -0.308 e. The zero-order valence-corrected chi connectivity index (χ0v) is 13.0. The number of thioether (sulfide) groups is 1. The van der Waals surface area contributed by atoms with Crippen LogP contribution in [0.2, 0.25) is 0 Å². The lowest BCUT2D eigenvalue weighted by Crippen LogP contribution is -2.35. The molecule has 1 heterocycles. The van der Waals surface area contributed by atoms with Gasteiger partial charge in [-0.05, 0) is 27.2 Å². The van der Waals surface area contributed by atoms with Crippen LogP contribution in [-0.4, -0.2) is 20.8 Å². The van der Waals surface area contributed by atoms with Gasteiger partial charge in [0.05, 0.1) is 5.75 Å². The molecule has 0 aromatic carbocycles. The van der Waals surface area contributed by atoms with E-state index >= 15 is 0 Å². The van der Waals surface area contributed by atoms with E-state index in [1.807, 2.05) is 24.2 Å². The second kappa shape index (κ2) is 7.10. The van der Waals surface area contributed by atoms with E-state index in [-0.39, 0.29) is 5.54 Å². The molecule has 0 saturated carbocycles. The van der Waals surface area contributed by atoms with E-state index in [1.165, 1.54) is 6.42 Å². The van der Waals surface area contributed by atoms with Crippen molar-refractivity contribution in [1.29, 1.82) is 0 Å². The molecule has 4 heteroatoms. The molecule has 0 fully saturated rings. The first kappa shape index (κ1) is 15.4. The van der Waals surface area contributed by atoms with Crippen molar-refractivity contribution in [2.45, 2.75) is 64.1 Å². The molecule has 0 aliphatic rings. The minimum absolute atomic E-state index is 0.130. The Morgan fingerprint density at radius 3 is 2.39 bits per heavy atom. The molecular weight excluding hydrogens is 242 g/mol. The summed E-state index contributed by atoms with van der Waals surface area (Å²) >= 11 is 1.91. The van der Waals surface area contributed by atoms with Gasteiger partial charge in [-0.25, -0.2) is 9.97 Å². The fraction of sp³-hybridized carbons (Fsp3) is 0.714. The van der Waals surface area contributed by atoms with E-state index in [0.717, 1.165) is 23.7 Å². The predicted molar refractivity (Wildman–Crippen MR) is 79.7 cm³/mol. The van der Waals surface area contributed by atoms with Crippen LogP contribution in [0.1, 0.15) is 52.4 Å². The van der Waals surface area contributed by atoms with Crippen LogP contribution in [0.25, 0.3) is 0 Å². The van der Waals surface area contributed by atoms with Crippen LogP contribution in [0, 0.1) is 0 Å². The summed E-state index contributed by atoms with van der Waals surface area (Å²) in [5, 5.41) is 4.11. The molecule has 1 aromatic rings. The SMILES string of the molecule is CCC(C)SCc1ncc(CNC(C)(C)C)cn1. The van der Waals surface area contributed by atoms with Crippen molar-refractivity contribution in [3.8, 4) is 0 Å². The molecule has 102 valence electrons. The van der Waals surface area contributed by atoms with Crippen LogP contribution in [0.4, 0.5) is 0 Å². The number of nitrogens with zero attached hydrogens (tertiary/aromatic N) is 2. The van der Waals surface area contributed by atoms with Crippen molar-refractivity contribution in [3.05, 3.63) is 23.8 Å². The second-order valence-corrected chi connectivity index (χ2v) is 7.07. The summed E-state index contributed by atoms with van der Waals surface area (Å²) in [5.41, 5.74) is 1.27. The minimum atomic E-state index is 0.130. The third-order valence-electron chi connectivity index (χ3n) is 2.65. The molecule has 0 aliphatic carbocycles. The maximum atomic E-state index is 4.41. The molecule has 0 saturated heterocycles. The van der Waals surface area contributed by atoms with Gasteiger partial charge in [-0.3, -0.25) is 0 Å². The normalized spacial score (nSPS) is 13.6. The number of aromatic nitrogens is 2. The molecule has 0 spiro atoms. The average molecular weight is 267 g/mol. The van der Waals surface area contributed by atoms with Gasteiger partial charge in [0.1, 0.15) is 5.82 Å². The van der Waals surface area contributed by atoms with E-state index in [4.69, 9.17) is 0 Å². The number of nitrogens with one attached hydrogen (secondary N) is 1. The Morgan fingerprint density at radius 2 is 1.89 bits per heavy atom. The first-order valence-corrected chi connectivity index (χ1v) is 7.62. The van der Waals surface area contributed by atoms with Gasteiger partial charge in [0.15, 0.2) is 0 Å². The summed E-state index contributed by atoms with van der Waals surface area (Å²) in [6, 6.07) is 0. The quantitative estimate of drug-likeness (QED) is 0.857. The van der Waals surface area contributed by atoms with Gasteiger partial charge >= 0.3 is 0 Å². The second-order valence-electron chi connectivity index (χ2n) is 5.64. The summed E-state index contributed by atoms with van der Waals surface area (Å²) in [7, 11) is 0. The third kappa shape index (κ3) is 6.36. The van der Waals surface area contributed by atoms with E-state index in [2.05, 4.69) is 49.9 Å². The summed E-state index contributed by atoms with van der Waals surface area (Å²) in [6.07, 6.45) is 5.05. The van der Waals surface area contributed by atoms with Gasteiger partial charge in [0, 0.05) is 35.3 Å². The Kier molecular flexibility index (Phi) is 6.09. The Hall–Kier alpha value is -0.610. The van der Waals surface area contributed by atoms with Gasteiger partial charge in [-0.15, -0.1) is 0 Å². The predicted octanol–water partition coefficient (Wildman–Crippen LogP) is 3.40. The molecule has 1 rings (SSSR count). The van der Waals surface area contributed by atoms with E-state index < -0.39 is 0 Å². The zero-order chi connectivity index (χ0) is 13.6.